The lowest BCUT2D eigenvalue weighted by molar-refractivity contribution is 0.163. The summed E-state index contributed by atoms with van der Waals surface area (Å²) in [5.41, 5.74) is 8.43. The average Bonchev–Trinajstić information content (AvgIpc) is 2.10. The summed E-state index contributed by atoms with van der Waals surface area (Å²) in [4.78, 5) is 0. The van der Waals surface area contributed by atoms with Gasteiger partial charge in [0, 0.05) is 5.56 Å². The molecule has 0 saturated heterocycles. The molecule has 4 N–H and O–H groups in total. The lowest BCUT2D eigenvalue weighted by Crippen LogP contribution is -2.23. The Morgan fingerprint density at radius 1 is 1.21 bits per heavy atom. The molecule has 0 radical (unpaired) electrons. The fraction of sp³-hybridized carbons (Fsp3) is 0.455. The van der Waals surface area contributed by atoms with Gasteiger partial charge in [-0.1, -0.05) is 6.07 Å². The summed E-state index contributed by atoms with van der Waals surface area (Å²) in [7, 11) is 0. The van der Waals surface area contributed by atoms with Crippen molar-refractivity contribution in [2.45, 2.75) is 32.9 Å². The summed E-state index contributed by atoms with van der Waals surface area (Å²) in [5.74, 6) is 0.154. The monoisotopic (exact) mass is 195 g/mol. The van der Waals surface area contributed by atoms with Crippen molar-refractivity contribution < 1.29 is 10.2 Å². The number of aryl methyl sites for hydroxylation is 2. The van der Waals surface area contributed by atoms with E-state index in [1.54, 1.807) is 13.0 Å². The minimum absolute atomic E-state index is 0.154. The number of aliphatic hydroxyl groups is 1. The van der Waals surface area contributed by atoms with Crippen LogP contribution in [-0.2, 0) is 0 Å². The van der Waals surface area contributed by atoms with E-state index in [9.17, 15) is 10.2 Å². The van der Waals surface area contributed by atoms with Crippen LogP contribution >= 0.6 is 0 Å². The summed E-state index contributed by atoms with van der Waals surface area (Å²) in [6.07, 6.45) is -0.664. The van der Waals surface area contributed by atoms with Crippen LogP contribution in [0.2, 0.25) is 0 Å². The van der Waals surface area contributed by atoms with Gasteiger partial charge in [-0.15, -0.1) is 0 Å². The Kier molecular flexibility index (Phi) is 3.13. The number of benzene rings is 1. The number of nitrogens with two attached hydrogens (primary N) is 1. The van der Waals surface area contributed by atoms with Gasteiger partial charge in [0.2, 0.25) is 0 Å². The Morgan fingerprint density at radius 2 is 1.71 bits per heavy atom. The molecule has 0 saturated carbocycles. The maximum Gasteiger partial charge on any atom is 0.120 e. The number of rotatable bonds is 2. The number of hydrogen-bond donors (Lipinski definition) is 3. The third-order valence-electron chi connectivity index (χ3n) is 2.52. The number of aromatic hydroxyl groups is 1. The Bertz CT molecular complexity index is 334. The van der Waals surface area contributed by atoms with Crippen LogP contribution in [0.25, 0.3) is 0 Å². The zero-order valence-corrected chi connectivity index (χ0v) is 8.78. The topological polar surface area (TPSA) is 66.5 Å². The van der Waals surface area contributed by atoms with Gasteiger partial charge in [0.1, 0.15) is 5.75 Å². The standard InChI is InChI=1S/C11H17NO2/c1-6-4-9(11(12)8(3)13)10(14)5-7(6)2/h4-5,8,11,13-14H,12H2,1-3H3/t8-,11+/m0/s1. The smallest absolute Gasteiger partial charge is 0.120 e. The van der Waals surface area contributed by atoms with E-state index in [-0.39, 0.29) is 5.75 Å². The van der Waals surface area contributed by atoms with Gasteiger partial charge >= 0.3 is 0 Å². The lowest BCUT2D eigenvalue weighted by Gasteiger charge is -2.17. The molecule has 1 aromatic rings. The van der Waals surface area contributed by atoms with E-state index in [0.29, 0.717) is 5.56 Å². The molecule has 1 aromatic carbocycles. The van der Waals surface area contributed by atoms with E-state index >= 15 is 0 Å². The molecule has 0 unspecified atom stereocenters. The van der Waals surface area contributed by atoms with Gasteiger partial charge in [0.15, 0.2) is 0 Å². The normalized spacial score (nSPS) is 15.2. The summed E-state index contributed by atoms with van der Waals surface area (Å²) < 4.78 is 0. The molecule has 3 heteroatoms. The molecule has 0 aromatic heterocycles. The Hall–Kier alpha value is -1.06. The third-order valence-corrected chi connectivity index (χ3v) is 2.52. The highest BCUT2D eigenvalue weighted by Crippen LogP contribution is 2.27. The van der Waals surface area contributed by atoms with Crippen molar-refractivity contribution in [3.63, 3.8) is 0 Å². The molecular formula is C11H17NO2. The van der Waals surface area contributed by atoms with Gasteiger partial charge in [-0.3, -0.25) is 0 Å². The lowest BCUT2D eigenvalue weighted by atomic mass is 9.97. The van der Waals surface area contributed by atoms with E-state index in [2.05, 4.69) is 0 Å². The molecule has 3 nitrogen and oxygen atoms in total. The minimum Gasteiger partial charge on any atom is -0.508 e. The first kappa shape index (κ1) is 11.0. The van der Waals surface area contributed by atoms with E-state index in [0.717, 1.165) is 11.1 Å². The molecule has 1 rings (SSSR count). The minimum atomic E-state index is -0.664. The van der Waals surface area contributed by atoms with Crippen LogP contribution in [0, 0.1) is 13.8 Å². The summed E-state index contributed by atoms with van der Waals surface area (Å²) in [5, 5.41) is 19.0. The van der Waals surface area contributed by atoms with Crippen LogP contribution in [0.5, 0.6) is 5.75 Å². The molecule has 2 atom stereocenters. The molecule has 78 valence electrons. The SMILES string of the molecule is Cc1cc(O)c([C@H](N)[C@H](C)O)cc1C. The average molecular weight is 195 g/mol. The highest BCUT2D eigenvalue weighted by molar-refractivity contribution is 5.42. The maximum atomic E-state index is 9.64. The van der Waals surface area contributed by atoms with Crippen LogP contribution in [0.1, 0.15) is 29.7 Å². The first-order chi connectivity index (χ1) is 6.43. The highest BCUT2D eigenvalue weighted by Gasteiger charge is 2.16. The fourth-order valence-corrected chi connectivity index (χ4v) is 1.35. The maximum absolute atomic E-state index is 9.64. The van der Waals surface area contributed by atoms with Crippen LogP contribution in [0.4, 0.5) is 0 Å². The van der Waals surface area contributed by atoms with Crippen LogP contribution in [0.15, 0.2) is 12.1 Å². The van der Waals surface area contributed by atoms with Crippen molar-refractivity contribution in [1.82, 2.24) is 0 Å². The second-order valence-corrected chi connectivity index (χ2v) is 3.76. The Labute approximate surface area is 84.2 Å². The van der Waals surface area contributed by atoms with Gasteiger partial charge in [0.25, 0.3) is 0 Å². The Balaban J connectivity index is 3.15. The van der Waals surface area contributed by atoms with Crippen LogP contribution < -0.4 is 5.73 Å². The quantitative estimate of drug-likeness (QED) is 0.668. The molecule has 0 aliphatic carbocycles. The zero-order chi connectivity index (χ0) is 10.9. The van der Waals surface area contributed by atoms with E-state index in [1.165, 1.54) is 0 Å². The van der Waals surface area contributed by atoms with Crippen molar-refractivity contribution in [3.05, 3.63) is 28.8 Å². The van der Waals surface area contributed by atoms with Crippen molar-refractivity contribution in [3.8, 4) is 5.75 Å². The first-order valence-corrected chi connectivity index (χ1v) is 4.67. The molecule has 0 heterocycles. The molecule has 14 heavy (non-hydrogen) atoms. The third kappa shape index (κ3) is 2.05. The van der Waals surface area contributed by atoms with Crippen molar-refractivity contribution >= 4 is 0 Å². The van der Waals surface area contributed by atoms with Gasteiger partial charge < -0.3 is 15.9 Å². The molecule has 0 spiro atoms. The van der Waals surface area contributed by atoms with Gasteiger partial charge in [-0.05, 0) is 38.0 Å². The number of phenols is 1. The van der Waals surface area contributed by atoms with Crippen LogP contribution in [-0.4, -0.2) is 16.3 Å². The van der Waals surface area contributed by atoms with Crippen molar-refractivity contribution in [2.24, 2.45) is 5.73 Å². The van der Waals surface area contributed by atoms with Crippen LogP contribution in [0.3, 0.4) is 0 Å². The molecular weight excluding hydrogens is 178 g/mol. The molecule has 0 bridgehead atoms. The summed E-state index contributed by atoms with van der Waals surface area (Å²) >= 11 is 0. The fourth-order valence-electron chi connectivity index (χ4n) is 1.35. The first-order valence-electron chi connectivity index (χ1n) is 4.67. The van der Waals surface area contributed by atoms with Gasteiger partial charge in [-0.25, -0.2) is 0 Å². The van der Waals surface area contributed by atoms with Crippen molar-refractivity contribution in [1.29, 1.82) is 0 Å². The predicted octanol–water partition coefficient (Wildman–Crippen LogP) is 1.39. The van der Waals surface area contributed by atoms with Crippen molar-refractivity contribution in [2.75, 3.05) is 0 Å². The van der Waals surface area contributed by atoms with Gasteiger partial charge in [0.05, 0.1) is 12.1 Å². The van der Waals surface area contributed by atoms with E-state index < -0.39 is 12.1 Å². The molecule has 0 aliphatic heterocycles. The molecule has 0 aliphatic rings. The number of aliphatic hydroxyl groups excluding tert-OH is 1. The second-order valence-electron chi connectivity index (χ2n) is 3.76. The Morgan fingerprint density at radius 3 is 2.21 bits per heavy atom. The largest absolute Gasteiger partial charge is 0.508 e. The van der Waals surface area contributed by atoms with E-state index in [1.807, 2.05) is 19.9 Å². The predicted molar refractivity (Wildman–Crippen MR) is 56.2 cm³/mol. The second kappa shape index (κ2) is 3.98. The zero-order valence-electron chi connectivity index (χ0n) is 8.78. The number of hydrogen-bond acceptors (Lipinski definition) is 3. The van der Waals surface area contributed by atoms with Gasteiger partial charge in [-0.2, -0.15) is 0 Å². The summed E-state index contributed by atoms with van der Waals surface area (Å²) in [6, 6.07) is 2.96. The highest BCUT2D eigenvalue weighted by atomic mass is 16.3. The summed E-state index contributed by atoms with van der Waals surface area (Å²) in [6.45, 7) is 5.49. The molecule has 0 fully saturated rings. The number of phenolic OH excluding ortho intramolecular Hbond substituents is 1. The van der Waals surface area contributed by atoms with E-state index in [4.69, 9.17) is 5.73 Å². The molecule has 0 amide bonds.